The average Bonchev–Trinajstić information content (AvgIpc) is 2.68. The van der Waals surface area contributed by atoms with E-state index >= 15 is 0 Å². The van der Waals surface area contributed by atoms with E-state index in [1.54, 1.807) is 18.2 Å². The predicted molar refractivity (Wildman–Crippen MR) is 110 cm³/mol. The number of halogens is 1. The Labute approximate surface area is 172 Å². The van der Waals surface area contributed by atoms with Gasteiger partial charge in [-0.05, 0) is 30.3 Å². The number of anilines is 1. The summed E-state index contributed by atoms with van der Waals surface area (Å²) in [5.74, 6) is 2.75. The largest absolute Gasteiger partial charge is 0.496 e. The van der Waals surface area contributed by atoms with Crippen LogP contribution in [-0.2, 0) is 10.1 Å². The molecule has 3 N–H and O–H groups in total. The van der Waals surface area contributed by atoms with Crippen molar-refractivity contribution in [3.05, 3.63) is 47.1 Å². The summed E-state index contributed by atoms with van der Waals surface area (Å²) in [5.41, 5.74) is 5.41. The van der Waals surface area contributed by atoms with Crippen molar-refractivity contribution in [1.82, 2.24) is 4.98 Å². The van der Waals surface area contributed by atoms with Crippen LogP contribution in [-0.4, -0.2) is 55.6 Å². The maximum absolute atomic E-state index is 10.8. The number of benzene rings is 1. The fourth-order valence-electron chi connectivity index (χ4n) is 2.37. The predicted octanol–water partition coefficient (Wildman–Crippen LogP) is 2.33. The molecule has 0 spiro atoms. The van der Waals surface area contributed by atoms with Gasteiger partial charge in [0.25, 0.3) is 16.0 Å². The van der Waals surface area contributed by atoms with Crippen molar-refractivity contribution >= 4 is 45.2 Å². The minimum atomic E-state index is -4.14. The third-order valence-electron chi connectivity index (χ3n) is 3.78. The van der Waals surface area contributed by atoms with Gasteiger partial charge in [0.05, 0.1) is 18.9 Å². The smallest absolute Gasteiger partial charge is 0.296 e. The Morgan fingerprint density at radius 1 is 1.29 bits per heavy atom. The van der Waals surface area contributed by atoms with E-state index in [2.05, 4.69) is 9.88 Å². The Balaban J connectivity index is 0.000000209. The summed E-state index contributed by atoms with van der Waals surface area (Å²) in [6.45, 7) is 1.84. The molecule has 8 nitrogen and oxygen atoms in total. The molecule has 1 aromatic heterocycles. The van der Waals surface area contributed by atoms with Crippen LogP contribution in [0.15, 0.2) is 41.4 Å². The van der Waals surface area contributed by atoms with Gasteiger partial charge in [-0.3, -0.25) is 9.35 Å². The number of pyridine rings is 1. The molecule has 1 aromatic carbocycles. The van der Waals surface area contributed by atoms with Crippen molar-refractivity contribution < 1.29 is 22.5 Å². The molecular formula is C17H20ClN3O5S2. The molecular weight excluding hydrogens is 426 g/mol. The molecule has 2 aromatic rings. The van der Waals surface area contributed by atoms with Crippen LogP contribution < -0.4 is 15.4 Å². The van der Waals surface area contributed by atoms with Crippen molar-refractivity contribution in [1.29, 1.82) is 0 Å². The number of methoxy groups -OCH3 is 1. The van der Waals surface area contributed by atoms with Crippen molar-refractivity contribution in [2.75, 3.05) is 36.6 Å². The summed E-state index contributed by atoms with van der Waals surface area (Å²) in [6, 6.07) is 7.66. The molecule has 28 heavy (non-hydrogen) atoms. The van der Waals surface area contributed by atoms with Gasteiger partial charge in [0.1, 0.15) is 16.5 Å². The fourth-order valence-corrected chi connectivity index (χ4v) is 3.86. The second kappa shape index (κ2) is 9.97. The highest BCUT2D eigenvalue weighted by Crippen LogP contribution is 2.22. The number of hydrogen-bond acceptors (Lipinski definition) is 7. The van der Waals surface area contributed by atoms with Crippen LogP contribution in [0.3, 0.4) is 0 Å². The van der Waals surface area contributed by atoms with Gasteiger partial charge in [-0.15, -0.1) is 0 Å². The third-order valence-corrected chi connectivity index (χ3v) is 5.80. The highest BCUT2D eigenvalue weighted by molar-refractivity contribution is 7.99. The molecule has 1 aliphatic rings. The van der Waals surface area contributed by atoms with Gasteiger partial charge in [0.15, 0.2) is 0 Å². The van der Waals surface area contributed by atoms with E-state index in [1.807, 2.05) is 11.8 Å². The second-order valence-corrected chi connectivity index (χ2v) is 8.72. The molecule has 1 saturated heterocycles. The third kappa shape index (κ3) is 6.26. The van der Waals surface area contributed by atoms with E-state index in [0.29, 0.717) is 16.3 Å². The van der Waals surface area contributed by atoms with Crippen LogP contribution in [0.1, 0.15) is 10.4 Å². The molecule has 152 valence electrons. The first-order valence-electron chi connectivity index (χ1n) is 8.12. The lowest BCUT2D eigenvalue weighted by atomic mass is 10.2. The van der Waals surface area contributed by atoms with E-state index < -0.39 is 16.0 Å². The maximum atomic E-state index is 10.8. The first kappa shape index (κ1) is 22.3. The van der Waals surface area contributed by atoms with Crippen molar-refractivity contribution in [3.63, 3.8) is 0 Å². The quantitative estimate of drug-likeness (QED) is 0.687. The highest BCUT2D eigenvalue weighted by atomic mass is 35.5. The molecule has 0 atom stereocenters. The van der Waals surface area contributed by atoms with Gasteiger partial charge in [-0.25, -0.2) is 4.98 Å². The number of rotatable bonds is 4. The van der Waals surface area contributed by atoms with Crippen LogP contribution in [0.25, 0.3) is 0 Å². The van der Waals surface area contributed by atoms with Crippen LogP contribution in [0.5, 0.6) is 5.75 Å². The number of hydrogen-bond donors (Lipinski definition) is 2. The number of amides is 1. The SMILES string of the molecule is COc1cc(Cl)ccc1C(N)=O.O=S(=O)(O)c1ccc(N2CCSCC2)nc1. The van der Waals surface area contributed by atoms with E-state index in [0.717, 1.165) is 30.4 Å². The number of nitrogens with zero attached hydrogens (tertiary/aromatic N) is 2. The lowest BCUT2D eigenvalue weighted by Gasteiger charge is -2.27. The zero-order valence-electron chi connectivity index (χ0n) is 15.0. The van der Waals surface area contributed by atoms with Crippen molar-refractivity contribution in [3.8, 4) is 5.75 Å². The molecule has 1 amide bonds. The number of ether oxygens (including phenoxy) is 1. The molecule has 0 saturated carbocycles. The summed E-state index contributed by atoms with van der Waals surface area (Å²) in [6.07, 6.45) is 1.19. The number of carbonyl (C=O) groups is 1. The Morgan fingerprint density at radius 3 is 2.46 bits per heavy atom. The number of nitrogens with two attached hydrogens (primary N) is 1. The average molecular weight is 446 g/mol. The second-order valence-electron chi connectivity index (χ2n) is 5.64. The molecule has 0 aliphatic carbocycles. The lowest BCUT2D eigenvalue weighted by Crippen LogP contribution is -2.33. The molecule has 0 unspecified atom stereocenters. The monoisotopic (exact) mass is 445 g/mol. The van der Waals surface area contributed by atoms with E-state index in [4.69, 9.17) is 26.6 Å². The summed E-state index contributed by atoms with van der Waals surface area (Å²) < 4.78 is 35.3. The number of primary amides is 1. The van der Waals surface area contributed by atoms with E-state index in [1.165, 1.54) is 25.4 Å². The van der Waals surface area contributed by atoms with Crippen LogP contribution >= 0.6 is 23.4 Å². The summed E-state index contributed by atoms with van der Waals surface area (Å²) in [7, 11) is -2.68. The van der Waals surface area contributed by atoms with Gasteiger partial charge < -0.3 is 15.4 Å². The van der Waals surface area contributed by atoms with Gasteiger partial charge in [0, 0.05) is 29.6 Å². The zero-order valence-corrected chi connectivity index (χ0v) is 17.4. The van der Waals surface area contributed by atoms with Crippen molar-refractivity contribution in [2.45, 2.75) is 4.90 Å². The number of carbonyl (C=O) groups excluding carboxylic acids is 1. The maximum Gasteiger partial charge on any atom is 0.296 e. The minimum absolute atomic E-state index is 0.164. The molecule has 1 fully saturated rings. The summed E-state index contributed by atoms with van der Waals surface area (Å²) >= 11 is 7.56. The summed E-state index contributed by atoms with van der Waals surface area (Å²) in [4.78, 5) is 16.8. The van der Waals surface area contributed by atoms with Gasteiger partial charge in [-0.2, -0.15) is 20.2 Å². The fraction of sp³-hybridized carbons (Fsp3) is 0.294. The van der Waals surface area contributed by atoms with Crippen LogP contribution in [0.2, 0.25) is 5.02 Å². The zero-order chi connectivity index (χ0) is 20.7. The van der Waals surface area contributed by atoms with E-state index in [9.17, 15) is 13.2 Å². The first-order chi connectivity index (χ1) is 13.2. The van der Waals surface area contributed by atoms with Gasteiger partial charge in [-0.1, -0.05) is 11.6 Å². The minimum Gasteiger partial charge on any atom is -0.496 e. The van der Waals surface area contributed by atoms with Gasteiger partial charge in [0.2, 0.25) is 0 Å². The topological polar surface area (TPSA) is 123 Å². The standard InChI is InChI=1S/C9H12N2O3S2.C8H8ClNO2/c12-16(13,14)8-1-2-9(10-7-8)11-3-5-15-6-4-11;1-12-7-4-5(9)2-3-6(7)8(10)11/h1-2,7H,3-6H2,(H,12,13,14);2-4H,1H3,(H2,10,11). The molecule has 0 radical (unpaired) electrons. The van der Waals surface area contributed by atoms with Crippen LogP contribution in [0, 0.1) is 0 Å². The summed E-state index contributed by atoms with van der Waals surface area (Å²) in [5, 5.41) is 0.511. The Hall–Kier alpha value is -2.01. The molecule has 0 bridgehead atoms. The molecule has 3 rings (SSSR count). The van der Waals surface area contributed by atoms with E-state index in [-0.39, 0.29) is 4.90 Å². The molecule has 1 aliphatic heterocycles. The number of aromatic nitrogens is 1. The normalized spacial score (nSPS) is 14.0. The van der Waals surface area contributed by atoms with Gasteiger partial charge >= 0.3 is 0 Å². The van der Waals surface area contributed by atoms with Crippen molar-refractivity contribution in [2.24, 2.45) is 5.73 Å². The highest BCUT2D eigenvalue weighted by Gasteiger charge is 2.14. The first-order valence-corrected chi connectivity index (χ1v) is 11.1. The number of thioether (sulfide) groups is 1. The lowest BCUT2D eigenvalue weighted by molar-refractivity contribution is 0.0997. The van der Waals surface area contributed by atoms with Crippen LogP contribution in [0.4, 0.5) is 5.82 Å². The Bertz CT molecular complexity index is 917. The molecule has 11 heteroatoms. The Kier molecular flexibility index (Phi) is 7.93. The Morgan fingerprint density at radius 2 is 1.96 bits per heavy atom. The molecule has 2 heterocycles.